The normalized spacial score (nSPS) is 11.3. The van der Waals surface area contributed by atoms with E-state index in [1.807, 2.05) is 43.3 Å². The largest absolute Gasteiger partial charge is 0.438 e. The maximum absolute atomic E-state index is 12.3. The first-order chi connectivity index (χ1) is 16.0. The molecule has 0 amide bonds. The molecule has 0 radical (unpaired) electrons. The summed E-state index contributed by atoms with van der Waals surface area (Å²) < 4.78 is 6.08. The van der Waals surface area contributed by atoms with Crippen LogP contribution in [0.15, 0.2) is 85.2 Å². The molecule has 0 aliphatic heterocycles. The summed E-state index contributed by atoms with van der Waals surface area (Å²) in [7, 11) is 0. The van der Waals surface area contributed by atoms with Crippen molar-refractivity contribution in [3.63, 3.8) is 0 Å². The standard InChI is InChI=1S/C26H19N3O4/c1-18-5-4-7-23-25(18)27-17-28-26(23)33-24-8-3-2-6-20(24)12-16-22(30)15-11-19-9-13-21(14-10-19)29(31)32/h2-17H,1H3. The maximum Gasteiger partial charge on any atom is 0.269 e. The number of fused-ring (bicyclic) bond motifs is 1. The predicted molar refractivity (Wildman–Crippen MR) is 127 cm³/mol. The van der Waals surface area contributed by atoms with Crippen LogP contribution in [0.2, 0.25) is 0 Å². The number of nitro groups is 1. The van der Waals surface area contributed by atoms with Gasteiger partial charge in [-0.2, -0.15) is 0 Å². The van der Waals surface area contributed by atoms with E-state index in [-0.39, 0.29) is 11.5 Å². The minimum absolute atomic E-state index is 0.00149. The summed E-state index contributed by atoms with van der Waals surface area (Å²) >= 11 is 0. The molecular formula is C26H19N3O4. The molecule has 4 rings (SSSR count). The number of para-hydroxylation sites is 2. The first kappa shape index (κ1) is 21.6. The van der Waals surface area contributed by atoms with E-state index in [9.17, 15) is 14.9 Å². The van der Waals surface area contributed by atoms with Crippen molar-refractivity contribution >= 4 is 34.5 Å². The molecule has 7 nitrogen and oxygen atoms in total. The number of nitro benzene ring substituents is 1. The smallest absolute Gasteiger partial charge is 0.269 e. The molecule has 0 bridgehead atoms. The SMILES string of the molecule is Cc1cccc2c(Oc3ccccc3C=CC(=O)C=Cc3ccc([N+](=O)[O-])cc3)ncnc12. The van der Waals surface area contributed by atoms with Crippen LogP contribution in [0.4, 0.5) is 5.69 Å². The van der Waals surface area contributed by atoms with Crippen LogP contribution in [0.5, 0.6) is 11.6 Å². The summed E-state index contributed by atoms with van der Waals surface area (Å²) in [6.45, 7) is 1.98. The third-order valence-corrected chi connectivity index (χ3v) is 4.93. The van der Waals surface area contributed by atoms with Gasteiger partial charge in [0.05, 0.1) is 15.8 Å². The van der Waals surface area contributed by atoms with E-state index >= 15 is 0 Å². The Bertz CT molecular complexity index is 1390. The number of carbonyl (C=O) groups is 1. The lowest BCUT2D eigenvalue weighted by Crippen LogP contribution is -1.94. The number of rotatable bonds is 7. The second-order valence-corrected chi connectivity index (χ2v) is 7.21. The van der Waals surface area contributed by atoms with Crippen LogP contribution < -0.4 is 4.74 Å². The van der Waals surface area contributed by atoms with Gasteiger partial charge in [-0.25, -0.2) is 9.97 Å². The Labute approximate surface area is 189 Å². The summed E-state index contributed by atoms with van der Waals surface area (Å²) in [6, 6.07) is 19.1. The molecule has 0 saturated heterocycles. The lowest BCUT2D eigenvalue weighted by Gasteiger charge is -2.10. The Kier molecular flexibility index (Phi) is 6.31. The average molecular weight is 437 g/mol. The molecule has 0 spiro atoms. The molecule has 0 saturated carbocycles. The van der Waals surface area contributed by atoms with Crippen molar-refractivity contribution in [1.29, 1.82) is 0 Å². The Hall–Kier alpha value is -4.65. The van der Waals surface area contributed by atoms with Gasteiger partial charge < -0.3 is 4.74 Å². The number of carbonyl (C=O) groups excluding carboxylic acids is 1. The minimum atomic E-state index is -0.466. The van der Waals surface area contributed by atoms with Gasteiger partial charge in [0.15, 0.2) is 5.78 Å². The Morgan fingerprint density at radius 1 is 0.939 bits per heavy atom. The molecule has 1 aromatic heterocycles. The Morgan fingerprint density at radius 2 is 1.70 bits per heavy atom. The lowest BCUT2D eigenvalue weighted by atomic mass is 10.1. The molecule has 3 aromatic carbocycles. The molecule has 33 heavy (non-hydrogen) atoms. The number of aryl methyl sites for hydroxylation is 1. The van der Waals surface area contributed by atoms with E-state index in [4.69, 9.17) is 4.74 Å². The molecule has 0 atom stereocenters. The van der Waals surface area contributed by atoms with Crippen LogP contribution in [-0.2, 0) is 4.79 Å². The highest BCUT2D eigenvalue weighted by Crippen LogP contribution is 2.30. The number of non-ortho nitro benzene ring substituents is 1. The number of hydrogen-bond donors (Lipinski definition) is 0. The van der Waals surface area contributed by atoms with Crippen molar-refractivity contribution < 1.29 is 14.5 Å². The molecule has 4 aromatic rings. The van der Waals surface area contributed by atoms with Crippen LogP contribution in [-0.4, -0.2) is 20.7 Å². The first-order valence-corrected chi connectivity index (χ1v) is 10.1. The summed E-state index contributed by atoms with van der Waals surface area (Å²) in [5.74, 6) is 0.766. The van der Waals surface area contributed by atoms with Crippen molar-refractivity contribution in [2.45, 2.75) is 6.92 Å². The monoisotopic (exact) mass is 437 g/mol. The highest BCUT2D eigenvalue weighted by molar-refractivity contribution is 6.04. The van der Waals surface area contributed by atoms with Crippen molar-refractivity contribution in [3.8, 4) is 11.6 Å². The maximum atomic E-state index is 12.3. The fourth-order valence-electron chi connectivity index (χ4n) is 3.22. The second-order valence-electron chi connectivity index (χ2n) is 7.21. The van der Waals surface area contributed by atoms with E-state index in [0.29, 0.717) is 22.8 Å². The minimum Gasteiger partial charge on any atom is -0.438 e. The van der Waals surface area contributed by atoms with Gasteiger partial charge in [-0.05, 0) is 60.5 Å². The first-order valence-electron chi connectivity index (χ1n) is 10.1. The number of benzene rings is 3. The quantitative estimate of drug-likeness (QED) is 0.202. The van der Waals surface area contributed by atoms with Gasteiger partial charge in [-0.15, -0.1) is 0 Å². The number of nitrogens with zero attached hydrogens (tertiary/aromatic N) is 3. The molecule has 0 aliphatic rings. The molecule has 0 fully saturated rings. The Balaban J connectivity index is 1.51. The van der Waals surface area contributed by atoms with Crippen LogP contribution in [0.3, 0.4) is 0 Å². The van der Waals surface area contributed by atoms with Crippen molar-refractivity contribution in [2.24, 2.45) is 0 Å². The van der Waals surface area contributed by atoms with E-state index in [1.54, 1.807) is 30.4 Å². The zero-order chi connectivity index (χ0) is 23.2. The second kappa shape index (κ2) is 9.65. The van der Waals surface area contributed by atoms with Gasteiger partial charge in [0.25, 0.3) is 5.69 Å². The fourth-order valence-corrected chi connectivity index (χ4v) is 3.22. The van der Waals surface area contributed by atoms with Crippen LogP contribution in [0, 0.1) is 17.0 Å². The molecular weight excluding hydrogens is 418 g/mol. The van der Waals surface area contributed by atoms with Gasteiger partial charge in [-0.3, -0.25) is 14.9 Å². The third kappa shape index (κ3) is 5.16. The number of ether oxygens (including phenoxy) is 1. The van der Waals surface area contributed by atoms with Crippen molar-refractivity contribution in [1.82, 2.24) is 9.97 Å². The average Bonchev–Trinajstić information content (AvgIpc) is 2.83. The predicted octanol–water partition coefficient (Wildman–Crippen LogP) is 5.93. The van der Waals surface area contributed by atoms with E-state index in [2.05, 4.69) is 9.97 Å². The van der Waals surface area contributed by atoms with Crippen LogP contribution in [0.1, 0.15) is 16.7 Å². The zero-order valence-electron chi connectivity index (χ0n) is 17.7. The van der Waals surface area contributed by atoms with E-state index in [1.165, 1.54) is 30.6 Å². The number of aromatic nitrogens is 2. The van der Waals surface area contributed by atoms with E-state index in [0.717, 1.165) is 16.5 Å². The van der Waals surface area contributed by atoms with Gasteiger partial charge in [0.1, 0.15) is 12.1 Å². The number of ketones is 1. The third-order valence-electron chi connectivity index (χ3n) is 4.93. The van der Waals surface area contributed by atoms with Crippen LogP contribution in [0.25, 0.3) is 23.1 Å². The summed E-state index contributed by atoms with van der Waals surface area (Å²) in [6.07, 6.45) is 7.59. The molecule has 0 aliphatic carbocycles. The highest BCUT2D eigenvalue weighted by Gasteiger charge is 2.09. The number of allylic oxidation sites excluding steroid dienone is 2. The van der Waals surface area contributed by atoms with E-state index < -0.39 is 4.92 Å². The highest BCUT2D eigenvalue weighted by atomic mass is 16.6. The van der Waals surface area contributed by atoms with Gasteiger partial charge in [-0.1, -0.05) is 36.4 Å². The number of hydrogen-bond acceptors (Lipinski definition) is 6. The lowest BCUT2D eigenvalue weighted by molar-refractivity contribution is -0.384. The fraction of sp³-hybridized carbons (Fsp3) is 0.0385. The summed E-state index contributed by atoms with van der Waals surface area (Å²) in [4.78, 5) is 31.2. The topological polar surface area (TPSA) is 95.2 Å². The van der Waals surface area contributed by atoms with Gasteiger partial charge >= 0.3 is 0 Å². The zero-order valence-corrected chi connectivity index (χ0v) is 17.7. The molecule has 1 heterocycles. The van der Waals surface area contributed by atoms with Gasteiger partial charge in [0, 0.05) is 17.7 Å². The van der Waals surface area contributed by atoms with Crippen LogP contribution >= 0.6 is 0 Å². The van der Waals surface area contributed by atoms with Crippen molar-refractivity contribution in [3.05, 3.63) is 112 Å². The molecule has 0 unspecified atom stereocenters. The molecule has 162 valence electrons. The van der Waals surface area contributed by atoms with Gasteiger partial charge in [0.2, 0.25) is 5.88 Å². The molecule has 7 heteroatoms. The van der Waals surface area contributed by atoms with Crippen molar-refractivity contribution in [2.75, 3.05) is 0 Å². The summed E-state index contributed by atoms with van der Waals surface area (Å²) in [5, 5.41) is 11.5. The summed E-state index contributed by atoms with van der Waals surface area (Å²) in [5.41, 5.74) is 3.26. The molecule has 0 N–H and O–H groups in total. The Morgan fingerprint density at radius 3 is 2.48 bits per heavy atom.